The summed E-state index contributed by atoms with van der Waals surface area (Å²) >= 11 is 0. The van der Waals surface area contributed by atoms with Crippen LogP contribution in [-0.2, 0) is 14.3 Å². The highest BCUT2D eigenvalue weighted by molar-refractivity contribution is 5.98. The lowest BCUT2D eigenvalue weighted by atomic mass is 9.96. The summed E-state index contributed by atoms with van der Waals surface area (Å²) in [6.45, 7) is 4.23. The Morgan fingerprint density at radius 3 is 2.81 bits per heavy atom. The van der Waals surface area contributed by atoms with E-state index in [4.69, 9.17) is 0 Å². The fourth-order valence-corrected chi connectivity index (χ4v) is 1.97. The van der Waals surface area contributed by atoms with E-state index in [0.29, 0.717) is 18.8 Å². The molecule has 0 radical (unpaired) electrons. The monoisotopic (exact) mass is 224 g/mol. The molecule has 1 rings (SSSR count). The maximum atomic E-state index is 11.6. The highest BCUT2D eigenvalue weighted by Gasteiger charge is 2.30. The Labute approximate surface area is 96.9 Å². The molecular weight excluding hydrogens is 204 g/mol. The number of carbonyl (C=O) groups is 2. The van der Waals surface area contributed by atoms with Gasteiger partial charge in [0.05, 0.1) is 13.5 Å². The molecule has 1 aliphatic carbocycles. The Hall–Kier alpha value is -1.12. The number of ketones is 1. The second kappa shape index (κ2) is 5.83. The maximum absolute atomic E-state index is 11.6. The second-order valence-corrected chi connectivity index (χ2v) is 4.73. The van der Waals surface area contributed by atoms with Gasteiger partial charge in [0.1, 0.15) is 0 Å². The molecule has 0 N–H and O–H groups in total. The Bertz CT molecular complexity index is 302. The smallest absolute Gasteiger partial charge is 0.306 e. The molecule has 0 bridgehead atoms. The first-order valence-corrected chi connectivity index (χ1v) is 5.84. The minimum absolute atomic E-state index is 0.0821. The molecule has 0 aromatic rings. The highest BCUT2D eigenvalue weighted by Crippen LogP contribution is 2.31. The van der Waals surface area contributed by atoms with Gasteiger partial charge in [0.2, 0.25) is 0 Å². The number of esters is 1. The number of allylic oxidation sites excluding steroid dienone is 2. The minimum Gasteiger partial charge on any atom is -0.469 e. The van der Waals surface area contributed by atoms with E-state index >= 15 is 0 Å². The molecule has 0 spiro atoms. The van der Waals surface area contributed by atoms with Crippen molar-refractivity contribution in [1.29, 1.82) is 0 Å². The quantitative estimate of drug-likeness (QED) is 0.544. The molecule has 1 fully saturated rings. The first kappa shape index (κ1) is 12.9. The van der Waals surface area contributed by atoms with Gasteiger partial charge in [-0.15, -0.1) is 0 Å². The van der Waals surface area contributed by atoms with Gasteiger partial charge in [-0.25, -0.2) is 0 Å². The largest absolute Gasteiger partial charge is 0.469 e. The second-order valence-electron chi connectivity index (χ2n) is 4.73. The van der Waals surface area contributed by atoms with Crippen LogP contribution in [-0.4, -0.2) is 18.9 Å². The lowest BCUT2D eigenvalue weighted by molar-refractivity contribution is -0.141. The summed E-state index contributed by atoms with van der Waals surface area (Å²) < 4.78 is 4.64. The number of hydrogen-bond acceptors (Lipinski definition) is 3. The van der Waals surface area contributed by atoms with E-state index in [-0.39, 0.29) is 17.7 Å². The average molecular weight is 224 g/mol. The topological polar surface area (TPSA) is 43.4 Å². The average Bonchev–Trinajstić information content (AvgIpc) is 2.56. The molecule has 16 heavy (non-hydrogen) atoms. The van der Waals surface area contributed by atoms with Crippen molar-refractivity contribution in [2.45, 2.75) is 39.5 Å². The van der Waals surface area contributed by atoms with E-state index in [1.165, 1.54) is 7.11 Å². The van der Waals surface area contributed by atoms with Gasteiger partial charge < -0.3 is 4.74 Å². The number of carbonyl (C=O) groups excluding carboxylic acids is 2. The van der Waals surface area contributed by atoms with E-state index in [9.17, 15) is 9.59 Å². The van der Waals surface area contributed by atoms with Crippen molar-refractivity contribution in [3.8, 4) is 0 Å². The number of ether oxygens (including phenoxy) is 1. The summed E-state index contributed by atoms with van der Waals surface area (Å²) in [5, 5.41) is 0. The SMILES string of the molecule is COC(=O)CC1CCC(=O)/C1=C/CC(C)C. The standard InChI is InChI=1S/C13H20O3/c1-9(2)4-6-11-10(5-7-12(11)14)8-13(15)16-3/h6,9-10H,4-5,7-8H2,1-3H3/b11-6+. The number of Topliss-reactive ketones (excluding diaryl/α,β-unsaturated/α-hetero) is 1. The number of methoxy groups -OCH3 is 1. The van der Waals surface area contributed by atoms with Gasteiger partial charge >= 0.3 is 5.97 Å². The molecule has 90 valence electrons. The van der Waals surface area contributed by atoms with Gasteiger partial charge in [-0.05, 0) is 30.3 Å². The third-order valence-electron chi connectivity index (χ3n) is 2.93. The van der Waals surface area contributed by atoms with Crippen molar-refractivity contribution in [3.63, 3.8) is 0 Å². The summed E-state index contributed by atoms with van der Waals surface area (Å²) in [6, 6.07) is 0. The van der Waals surface area contributed by atoms with Crippen molar-refractivity contribution >= 4 is 11.8 Å². The highest BCUT2D eigenvalue weighted by atomic mass is 16.5. The lowest BCUT2D eigenvalue weighted by Gasteiger charge is -2.10. The minimum atomic E-state index is -0.227. The first-order valence-electron chi connectivity index (χ1n) is 5.84. The van der Waals surface area contributed by atoms with Crippen LogP contribution in [0.3, 0.4) is 0 Å². The molecule has 0 aromatic carbocycles. The molecule has 0 heterocycles. The first-order chi connectivity index (χ1) is 7.54. The van der Waals surface area contributed by atoms with Crippen molar-refractivity contribution in [2.24, 2.45) is 11.8 Å². The number of hydrogen-bond donors (Lipinski definition) is 0. The molecule has 1 unspecified atom stereocenters. The predicted octanol–water partition coefficient (Wildman–Crippen LogP) is 2.50. The van der Waals surface area contributed by atoms with Crippen LogP contribution in [0.25, 0.3) is 0 Å². The molecular formula is C13H20O3. The van der Waals surface area contributed by atoms with E-state index in [2.05, 4.69) is 18.6 Å². The Morgan fingerprint density at radius 2 is 2.25 bits per heavy atom. The summed E-state index contributed by atoms with van der Waals surface area (Å²) in [5.41, 5.74) is 0.846. The van der Waals surface area contributed by atoms with Gasteiger partial charge in [0, 0.05) is 6.42 Å². The molecule has 1 aliphatic rings. The van der Waals surface area contributed by atoms with Crippen molar-refractivity contribution in [2.75, 3.05) is 7.11 Å². The third-order valence-corrected chi connectivity index (χ3v) is 2.93. The zero-order valence-electron chi connectivity index (χ0n) is 10.3. The predicted molar refractivity (Wildman–Crippen MR) is 61.9 cm³/mol. The Morgan fingerprint density at radius 1 is 1.56 bits per heavy atom. The summed E-state index contributed by atoms with van der Waals surface area (Å²) in [7, 11) is 1.39. The van der Waals surface area contributed by atoms with Gasteiger partial charge in [-0.1, -0.05) is 19.9 Å². The van der Waals surface area contributed by atoms with E-state index < -0.39 is 0 Å². The fraction of sp³-hybridized carbons (Fsp3) is 0.692. The van der Waals surface area contributed by atoms with E-state index in [1.54, 1.807) is 0 Å². The summed E-state index contributed by atoms with van der Waals surface area (Å²) in [4.78, 5) is 22.8. The van der Waals surface area contributed by atoms with Crippen LogP contribution in [0.1, 0.15) is 39.5 Å². The van der Waals surface area contributed by atoms with Crippen LogP contribution < -0.4 is 0 Å². The van der Waals surface area contributed by atoms with Crippen LogP contribution >= 0.6 is 0 Å². The van der Waals surface area contributed by atoms with Crippen molar-refractivity contribution < 1.29 is 14.3 Å². The number of rotatable bonds is 4. The molecule has 3 heteroatoms. The summed E-state index contributed by atoms with van der Waals surface area (Å²) in [6.07, 6.45) is 4.61. The Kier molecular flexibility index (Phi) is 4.71. The molecule has 1 atom stereocenters. The Balaban J connectivity index is 2.66. The molecule has 3 nitrogen and oxygen atoms in total. The van der Waals surface area contributed by atoms with Gasteiger partial charge in [0.25, 0.3) is 0 Å². The molecule has 0 aliphatic heterocycles. The molecule has 0 saturated heterocycles. The van der Waals surface area contributed by atoms with Crippen molar-refractivity contribution in [1.82, 2.24) is 0 Å². The van der Waals surface area contributed by atoms with Gasteiger partial charge in [0.15, 0.2) is 5.78 Å². The zero-order valence-corrected chi connectivity index (χ0v) is 10.3. The van der Waals surface area contributed by atoms with E-state index in [1.807, 2.05) is 6.08 Å². The van der Waals surface area contributed by atoms with Gasteiger partial charge in [-0.2, -0.15) is 0 Å². The van der Waals surface area contributed by atoms with Crippen LogP contribution in [0.4, 0.5) is 0 Å². The normalized spacial score (nSPS) is 23.1. The molecule has 1 saturated carbocycles. The molecule has 0 amide bonds. The zero-order chi connectivity index (χ0) is 12.1. The van der Waals surface area contributed by atoms with E-state index in [0.717, 1.165) is 18.4 Å². The third kappa shape index (κ3) is 3.47. The van der Waals surface area contributed by atoms with Crippen LogP contribution in [0.2, 0.25) is 0 Å². The van der Waals surface area contributed by atoms with Gasteiger partial charge in [-0.3, -0.25) is 9.59 Å². The van der Waals surface area contributed by atoms with Crippen molar-refractivity contribution in [3.05, 3.63) is 11.6 Å². The fourth-order valence-electron chi connectivity index (χ4n) is 1.97. The van der Waals surface area contributed by atoms with Crippen LogP contribution in [0, 0.1) is 11.8 Å². The maximum Gasteiger partial charge on any atom is 0.306 e. The van der Waals surface area contributed by atoms with Crippen LogP contribution in [0.5, 0.6) is 0 Å². The lowest BCUT2D eigenvalue weighted by Crippen LogP contribution is -2.10. The van der Waals surface area contributed by atoms with Crippen LogP contribution in [0.15, 0.2) is 11.6 Å². The summed E-state index contributed by atoms with van der Waals surface area (Å²) in [5.74, 6) is 0.600. The molecule has 0 aromatic heterocycles.